The van der Waals surface area contributed by atoms with Crippen molar-refractivity contribution in [2.75, 3.05) is 12.3 Å². The van der Waals surface area contributed by atoms with Gasteiger partial charge in [0, 0.05) is 6.07 Å². The molecule has 2 N–H and O–H groups in total. The summed E-state index contributed by atoms with van der Waals surface area (Å²) in [5.41, 5.74) is 5.45. The number of hydrogen-bond donors (Lipinski definition) is 1. The third-order valence-electron chi connectivity index (χ3n) is 1.44. The predicted octanol–water partition coefficient (Wildman–Crippen LogP) is 1.89. The molecule has 0 saturated heterocycles. The van der Waals surface area contributed by atoms with E-state index in [0.29, 0.717) is 18.3 Å². The predicted molar refractivity (Wildman–Crippen MR) is 51.9 cm³/mol. The molecule has 0 amide bonds. The minimum atomic E-state index is 0.117. The van der Waals surface area contributed by atoms with Gasteiger partial charge >= 0.3 is 0 Å². The van der Waals surface area contributed by atoms with Crippen molar-refractivity contribution in [1.29, 1.82) is 0 Å². The number of rotatable bonds is 4. The van der Waals surface area contributed by atoms with E-state index in [1.54, 1.807) is 6.07 Å². The molecule has 1 aromatic rings. The summed E-state index contributed by atoms with van der Waals surface area (Å²) < 4.78 is 5.29. The number of ether oxygens (including phenoxy) is 1. The van der Waals surface area contributed by atoms with Crippen molar-refractivity contribution >= 4 is 17.4 Å². The number of unbranched alkanes of at least 4 members (excludes halogenated alkanes) is 1. The van der Waals surface area contributed by atoms with E-state index in [1.165, 1.54) is 0 Å². The molecule has 0 aromatic carbocycles. The molecule has 5 heteroatoms. The average Bonchev–Trinajstić information content (AvgIpc) is 2.03. The van der Waals surface area contributed by atoms with Gasteiger partial charge in [-0.2, -0.15) is 4.98 Å². The van der Waals surface area contributed by atoms with Crippen LogP contribution in [0.3, 0.4) is 0 Å². The summed E-state index contributed by atoms with van der Waals surface area (Å²) >= 11 is 5.58. The Bertz CT molecular complexity index is 260. The summed E-state index contributed by atoms with van der Waals surface area (Å²) in [5, 5.41) is 0.117. The molecule has 0 aliphatic rings. The summed E-state index contributed by atoms with van der Waals surface area (Å²) in [5.74, 6) is 0.762. The molecule has 13 heavy (non-hydrogen) atoms. The molecule has 0 saturated carbocycles. The quantitative estimate of drug-likeness (QED) is 0.597. The zero-order chi connectivity index (χ0) is 9.68. The Labute approximate surface area is 82.1 Å². The van der Waals surface area contributed by atoms with Crippen LogP contribution in [0.4, 0.5) is 5.82 Å². The smallest absolute Gasteiger partial charge is 0.227 e. The fraction of sp³-hybridized carbons (Fsp3) is 0.500. The number of nitrogen functional groups attached to an aromatic ring is 1. The van der Waals surface area contributed by atoms with E-state index >= 15 is 0 Å². The van der Waals surface area contributed by atoms with Crippen LogP contribution >= 0.6 is 11.6 Å². The van der Waals surface area contributed by atoms with Gasteiger partial charge < -0.3 is 10.5 Å². The van der Waals surface area contributed by atoms with Crippen LogP contribution in [0.15, 0.2) is 6.07 Å². The van der Waals surface area contributed by atoms with Gasteiger partial charge in [-0.3, -0.25) is 0 Å². The molecule has 1 aromatic heterocycles. The van der Waals surface area contributed by atoms with Gasteiger partial charge in [0.05, 0.1) is 6.61 Å². The Morgan fingerprint density at radius 3 is 2.92 bits per heavy atom. The number of halogens is 1. The maximum Gasteiger partial charge on any atom is 0.227 e. The molecule has 0 fully saturated rings. The molecule has 0 radical (unpaired) electrons. The van der Waals surface area contributed by atoms with Crippen LogP contribution in [0.25, 0.3) is 0 Å². The minimum absolute atomic E-state index is 0.117. The lowest BCUT2D eigenvalue weighted by Gasteiger charge is -2.04. The second kappa shape index (κ2) is 4.87. The third kappa shape index (κ3) is 3.46. The first-order valence-electron chi connectivity index (χ1n) is 4.15. The molecule has 0 bridgehead atoms. The molecule has 0 unspecified atom stereocenters. The Balaban J connectivity index is 2.56. The minimum Gasteiger partial charge on any atom is -0.478 e. The molecular formula is C8H12ClN3O. The number of anilines is 1. The van der Waals surface area contributed by atoms with Gasteiger partial charge in [-0.1, -0.05) is 13.3 Å². The van der Waals surface area contributed by atoms with Gasteiger partial charge in [-0.15, -0.1) is 0 Å². The van der Waals surface area contributed by atoms with Crippen molar-refractivity contribution in [3.05, 3.63) is 11.3 Å². The van der Waals surface area contributed by atoms with E-state index < -0.39 is 0 Å². The van der Waals surface area contributed by atoms with Crippen molar-refractivity contribution in [2.45, 2.75) is 19.8 Å². The van der Waals surface area contributed by atoms with E-state index in [2.05, 4.69) is 16.9 Å². The fourth-order valence-electron chi connectivity index (χ4n) is 0.809. The first-order chi connectivity index (χ1) is 6.22. The molecule has 0 aliphatic carbocycles. The van der Waals surface area contributed by atoms with Crippen molar-refractivity contribution in [1.82, 2.24) is 9.97 Å². The van der Waals surface area contributed by atoms with Gasteiger partial charge in [0.25, 0.3) is 0 Å². The van der Waals surface area contributed by atoms with Gasteiger partial charge in [-0.25, -0.2) is 4.98 Å². The van der Waals surface area contributed by atoms with E-state index in [-0.39, 0.29) is 5.28 Å². The Morgan fingerprint density at radius 1 is 1.54 bits per heavy atom. The van der Waals surface area contributed by atoms with Crippen LogP contribution in [-0.4, -0.2) is 16.6 Å². The lowest BCUT2D eigenvalue weighted by Crippen LogP contribution is -2.01. The summed E-state index contributed by atoms with van der Waals surface area (Å²) in [4.78, 5) is 7.57. The second-order valence-electron chi connectivity index (χ2n) is 2.60. The van der Waals surface area contributed by atoms with Crippen LogP contribution in [0.5, 0.6) is 5.88 Å². The second-order valence-corrected chi connectivity index (χ2v) is 2.94. The highest BCUT2D eigenvalue weighted by Gasteiger charge is 2.00. The highest BCUT2D eigenvalue weighted by molar-refractivity contribution is 6.28. The molecule has 72 valence electrons. The highest BCUT2D eigenvalue weighted by atomic mass is 35.5. The normalized spacial score (nSPS) is 10.0. The third-order valence-corrected chi connectivity index (χ3v) is 1.61. The van der Waals surface area contributed by atoms with Gasteiger partial charge in [0.15, 0.2) is 0 Å². The van der Waals surface area contributed by atoms with Crippen molar-refractivity contribution in [3.8, 4) is 5.88 Å². The molecule has 4 nitrogen and oxygen atoms in total. The first-order valence-corrected chi connectivity index (χ1v) is 4.53. The van der Waals surface area contributed by atoms with Crippen LogP contribution in [-0.2, 0) is 0 Å². The van der Waals surface area contributed by atoms with Gasteiger partial charge in [0.2, 0.25) is 11.2 Å². The van der Waals surface area contributed by atoms with E-state index in [9.17, 15) is 0 Å². The largest absolute Gasteiger partial charge is 0.478 e. The lowest BCUT2D eigenvalue weighted by molar-refractivity contribution is 0.297. The summed E-state index contributed by atoms with van der Waals surface area (Å²) in [6, 6.07) is 1.56. The monoisotopic (exact) mass is 201 g/mol. The SMILES string of the molecule is CCCCOc1cc(N)nc(Cl)n1. The zero-order valence-electron chi connectivity index (χ0n) is 7.46. The van der Waals surface area contributed by atoms with E-state index in [4.69, 9.17) is 22.1 Å². The fourth-order valence-corrected chi connectivity index (χ4v) is 0.989. The summed E-state index contributed by atoms with van der Waals surface area (Å²) in [6.07, 6.45) is 2.07. The molecule has 1 rings (SSSR count). The van der Waals surface area contributed by atoms with Gasteiger partial charge in [-0.05, 0) is 18.0 Å². The molecular weight excluding hydrogens is 190 g/mol. The molecule has 0 spiro atoms. The maximum atomic E-state index is 5.58. The van der Waals surface area contributed by atoms with E-state index in [0.717, 1.165) is 12.8 Å². The summed E-state index contributed by atoms with van der Waals surface area (Å²) in [6.45, 7) is 2.72. The van der Waals surface area contributed by atoms with Crippen molar-refractivity contribution < 1.29 is 4.74 Å². The molecule has 0 aliphatic heterocycles. The topological polar surface area (TPSA) is 61.0 Å². The highest BCUT2D eigenvalue weighted by Crippen LogP contribution is 2.13. The maximum absolute atomic E-state index is 5.58. The zero-order valence-corrected chi connectivity index (χ0v) is 8.21. The first kappa shape index (κ1) is 10.1. The van der Waals surface area contributed by atoms with Crippen molar-refractivity contribution in [2.24, 2.45) is 0 Å². The van der Waals surface area contributed by atoms with E-state index in [1.807, 2.05) is 0 Å². The van der Waals surface area contributed by atoms with Gasteiger partial charge in [0.1, 0.15) is 5.82 Å². The number of hydrogen-bond acceptors (Lipinski definition) is 4. The number of nitrogens with two attached hydrogens (primary N) is 1. The average molecular weight is 202 g/mol. The standard InChI is InChI=1S/C8H12ClN3O/c1-2-3-4-13-7-5-6(10)11-8(9)12-7/h5H,2-4H2,1H3,(H2,10,11,12). The molecule has 1 heterocycles. The Morgan fingerprint density at radius 2 is 2.31 bits per heavy atom. The number of aromatic nitrogens is 2. The molecule has 0 atom stereocenters. The van der Waals surface area contributed by atoms with Crippen LogP contribution in [0.1, 0.15) is 19.8 Å². The number of nitrogens with zero attached hydrogens (tertiary/aromatic N) is 2. The lowest BCUT2D eigenvalue weighted by atomic mass is 10.4. The summed E-state index contributed by atoms with van der Waals surface area (Å²) in [7, 11) is 0. The van der Waals surface area contributed by atoms with Crippen LogP contribution in [0, 0.1) is 0 Å². The van der Waals surface area contributed by atoms with Crippen molar-refractivity contribution in [3.63, 3.8) is 0 Å². The Hall–Kier alpha value is -1.03. The van der Waals surface area contributed by atoms with Crippen LogP contribution in [0.2, 0.25) is 5.28 Å². The Kier molecular flexibility index (Phi) is 3.76. The van der Waals surface area contributed by atoms with Crippen LogP contribution < -0.4 is 10.5 Å².